The third kappa shape index (κ3) is 2.81. The number of hydrogen-bond acceptors (Lipinski definition) is 3. The van der Waals surface area contributed by atoms with Crippen LogP contribution in [0.4, 0.5) is 0 Å². The van der Waals surface area contributed by atoms with Crippen molar-refractivity contribution < 1.29 is 5.11 Å². The van der Waals surface area contributed by atoms with Gasteiger partial charge in [0.15, 0.2) is 0 Å². The SMILES string of the molecule is Cc1nc(-c2cc(C(C)C)c(O)c(C(C)C)c2)cs1. The molecule has 0 saturated carbocycles. The van der Waals surface area contributed by atoms with Crippen LogP contribution < -0.4 is 0 Å². The van der Waals surface area contributed by atoms with Gasteiger partial charge in [-0.15, -0.1) is 11.3 Å². The summed E-state index contributed by atoms with van der Waals surface area (Å²) in [6, 6.07) is 4.14. The van der Waals surface area contributed by atoms with Crippen molar-refractivity contribution in [2.24, 2.45) is 0 Å². The first kappa shape index (κ1) is 14.1. The number of nitrogens with zero attached hydrogens (tertiary/aromatic N) is 1. The third-order valence-corrected chi connectivity index (χ3v) is 4.10. The molecule has 0 saturated heterocycles. The van der Waals surface area contributed by atoms with E-state index < -0.39 is 0 Å². The maximum Gasteiger partial charge on any atom is 0.122 e. The van der Waals surface area contributed by atoms with Crippen LogP contribution in [0.5, 0.6) is 5.75 Å². The Bertz CT molecular complexity index is 555. The number of rotatable bonds is 3. The van der Waals surface area contributed by atoms with Gasteiger partial charge in [-0.2, -0.15) is 0 Å². The molecule has 0 spiro atoms. The third-order valence-electron chi connectivity index (χ3n) is 3.33. The van der Waals surface area contributed by atoms with Gasteiger partial charge in [-0.25, -0.2) is 4.98 Å². The van der Waals surface area contributed by atoms with Crippen LogP contribution in [-0.2, 0) is 0 Å². The highest BCUT2D eigenvalue weighted by Gasteiger charge is 2.16. The van der Waals surface area contributed by atoms with Gasteiger partial charge in [0.05, 0.1) is 10.7 Å². The van der Waals surface area contributed by atoms with Gasteiger partial charge in [-0.3, -0.25) is 0 Å². The van der Waals surface area contributed by atoms with E-state index in [1.54, 1.807) is 11.3 Å². The van der Waals surface area contributed by atoms with Crippen molar-refractivity contribution >= 4 is 11.3 Å². The van der Waals surface area contributed by atoms with E-state index in [9.17, 15) is 5.11 Å². The summed E-state index contributed by atoms with van der Waals surface area (Å²) in [5.41, 5.74) is 4.12. The Morgan fingerprint density at radius 2 is 1.58 bits per heavy atom. The zero-order valence-electron chi connectivity index (χ0n) is 12.2. The second-order valence-corrected chi connectivity index (χ2v) is 6.63. The van der Waals surface area contributed by atoms with Gasteiger partial charge in [0.25, 0.3) is 0 Å². The summed E-state index contributed by atoms with van der Waals surface area (Å²) in [5.74, 6) is 1.05. The topological polar surface area (TPSA) is 33.1 Å². The highest BCUT2D eigenvalue weighted by atomic mass is 32.1. The molecule has 2 nitrogen and oxygen atoms in total. The minimum absolute atomic E-state index is 0.303. The van der Waals surface area contributed by atoms with Crippen molar-refractivity contribution in [3.8, 4) is 17.0 Å². The first-order valence-corrected chi connectivity index (χ1v) is 7.57. The fraction of sp³-hybridized carbons (Fsp3) is 0.438. The van der Waals surface area contributed by atoms with Gasteiger partial charge in [0.2, 0.25) is 0 Å². The Morgan fingerprint density at radius 1 is 1.05 bits per heavy atom. The maximum atomic E-state index is 10.4. The minimum Gasteiger partial charge on any atom is -0.507 e. The molecular weight excluding hydrogens is 254 g/mol. The quantitative estimate of drug-likeness (QED) is 0.848. The average molecular weight is 275 g/mol. The Labute approximate surface area is 119 Å². The van der Waals surface area contributed by atoms with Crippen molar-refractivity contribution in [3.63, 3.8) is 0 Å². The number of aryl methyl sites for hydroxylation is 1. The first-order chi connectivity index (χ1) is 8.90. The van der Waals surface area contributed by atoms with E-state index in [1.165, 1.54) is 0 Å². The molecule has 0 atom stereocenters. The summed E-state index contributed by atoms with van der Waals surface area (Å²) in [6.45, 7) is 10.4. The second kappa shape index (κ2) is 5.33. The predicted octanol–water partition coefficient (Wildman–Crippen LogP) is 5.07. The monoisotopic (exact) mass is 275 g/mol. The number of thiazole rings is 1. The number of aromatic hydroxyl groups is 1. The van der Waals surface area contributed by atoms with Gasteiger partial charge in [-0.05, 0) is 42.0 Å². The molecule has 1 N–H and O–H groups in total. The zero-order valence-corrected chi connectivity index (χ0v) is 13.0. The molecule has 0 unspecified atom stereocenters. The predicted molar refractivity (Wildman–Crippen MR) is 82.1 cm³/mol. The van der Waals surface area contributed by atoms with Crippen LogP contribution in [-0.4, -0.2) is 10.1 Å². The van der Waals surface area contributed by atoms with Crippen molar-refractivity contribution in [3.05, 3.63) is 33.6 Å². The molecule has 1 aromatic carbocycles. The molecule has 19 heavy (non-hydrogen) atoms. The second-order valence-electron chi connectivity index (χ2n) is 5.56. The van der Waals surface area contributed by atoms with E-state index in [4.69, 9.17) is 0 Å². The number of hydrogen-bond donors (Lipinski definition) is 1. The number of aromatic nitrogens is 1. The normalized spacial score (nSPS) is 11.5. The first-order valence-electron chi connectivity index (χ1n) is 6.69. The van der Waals surface area contributed by atoms with Gasteiger partial charge < -0.3 is 5.11 Å². The molecule has 3 heteroatoms. The molecule has 0 amide bonds. The molecule has 0 aliphatic rings. The van der Waals surface area contributed by atoms with Crippen LogP contribution in [0.2, 0.25) is 0 Å². The minimum atomic E-state index is 0.303. The lowest BCUT2D eigenvalue weighted by Gasteiger charge is -2.17. The summed E-state index contributed by atoms with van der Waals surface area (Å²) in [4.78, 5) is 4.55. The van der Waals surface area contributed by atoms with E-state index in [1.807, 2.05) is 6.92 Å². The largest absolute Gasteiger partial charge is 0.507 e. The van der Waals surface area contributed by atoms with Crippen molar-refractivity contribution in [1.29, 1.82) is 0 Å². The molecule has 0 aliphatic carbocycles. The fourth-order valence-electron chi connectivity index (χ4n) is 2.20. The lowest BCUT2D eigenvalue weighted by atomic mass is 9.91. The van der Waals surface area contributed by atoms with Crippen LogP contribution in [0.1, 0.15) is 55.7 Å². The molecule has 0 aliphatic heterocycles. The summed E-state index contributed by atoms with van der Waals surface area (Å²) >= 11 is 1.66. The zero-order chi connectivity index (χ0) is 14.2. The molecule has 0 radical (unpaired) electrons. The molecule has 102 valence electrons. The van der Waals surface area contributed by atoms with Crippen LogP contribution >= 0.6 is 11.3 Å². The van der Waals surface area contributed by atoms with E-state index in [0.717, 1.165) is 27.4 Å². The number of phenolic OH excluding ortho intramolecular Hbond substituents is 1. The fourth-order valence-corrected chi connectivity index (χ4v) is 2.83. The Morgan fingerprint density at radius 3 is 1.95 bits per heavy atom. The van der Waals surface area contributed by atoms with E-state index in [2.05, 4.69) is 50.2 Å². The molecule has 0 bridgehead atoms. The Balaban J connectivity index is 2.62. The van der Waals surface area contributed by atoms with Gasteiger partial charge in [-0.1, -0.05) is 27.7 Å². The number of phenols is 1. The smallest absolute Gasteiger partial charge is 0.122 e. The highest BCUT2D eigenvalue weighted by Crippen LogP contribution is 2.37. The van der Waals surface area contributed by atoms with E-state index in [0.29, 0.717) is 17.6 Å². The maximum absolute atomic E-state index is 10.4. The summed E-state index contributed by atoms with van der Waals surface area (Å²) in [7, 11) is 0. The Kier molecular flexibility index (Phi) is 3.95. The molecule has 1 aromatic heterocycles. The average Bonchev–Trinajstić information content (AvgIpc) is 2.75. The lowest BCUT2D eigenvalue weighted by molar-refractivity contribution is 0.454. The Hall–Kier alpha value is -1.35. The lowest BCUT2D eigenvalue weighted by Crippen LogP contribution is -1.97. The van der Waals surface area contributed by atoms with E-state index >= 15 is 0 Å². The molecule has 2 aromatic rings. The van der Waals surface area contributed by atoms with Crippen LogP contribution in [0.15, 0.2) is 17.5 Å². The molecular formula is C16H21NOS. The van der Waals surface area contributed by atoms with Crippen LogP contribution in [0.3, 0.4) is 0 Å². The highest BCUT2D eigenvalue weighted by molar-refractivity contribution is 7.09. The molecule has 0 fully saturated rings. The standard InChI is InChI=1S/C16H21NOS/c1-9(2)13-6-12(15-8-19-11(5)17-15)7-14(10(3)4)16(13)18/h6-10,18H,1-5H3. The molecule has 2 rings (SSSR count). The van der Waals surface area contributed by atoms with Crippen molar-refractivity contribution in [1.82, 2.24) is 4.98 Å². The van der Waals surface area contributed by atoms with Crippen LogP contribution in [0.25, 0.3) is 11.3 Å². The summed E-state index contributed by atoms with van der Waals surface area (Å²) < 4.78 is 0. The van der Waals surface area contributed by atoms with Crippen molar-refractivity contribution in [2.75, 3.05) is 0 Å². The van der Waals surface area contributed by atoms with E-state index in [-0.39, 0.29) is 0 Å². The van der Waals surface area contributed by atoms with Crippen molar-refractivity contribution in [2.45, 2.75) is 46.5 Å². The van der Waals surface area contributed by atoms with Gasteiger partial charge in [0, 0.05) is 10.9 Å². The van der Waals surface area contributed by atoms with Gasteiger partial charge >= 0.3 is 0 Å². The number of benzene rings is 1. The summed E-state index contributed by atoms with van der Waals surface area (Å²) in [5, 5.41) is 13.5. The molecule has 1 heterocycles. The van der Waals surface area contributed by atoms with Gasteiger partial charge in [0.1, 0.15) is 5.75 Å². The van der Waals surface area contributed by atoms with Crippen LogP contribution in [0, 0.1) is 6.92 Å². The summed E-state index contributed by atoms with van der Waals surface area (Å²) in [6.07, 6.45) is 0.